The van der Waals surface area contributed by atoms with Crippen LogP contribution in [0.5, 0.6) is 5.75 Å². The fraction of sp³-hybridized carbons (Fsp3) is 0.562. The molecule has 0 aromatic heterocycles. The van der Waals surface area contributed by atoms with Gasteiger partial charge in [0.15, 0.2) is 0 Å². The molecule has 0 saturated heterocycles. The highest BCUT2D eigenvalue weighted by atomic mass is 35.5. The Hall–Kier alpha value is -1.26. The number of benzene rings is 1. The molecule has 4 nitrogen and oxygen atoms in total. The van der Waals surface area contributed by atoms with E-state index in [4.69, 9.17) is 16.3 Å². The summed E-state index contributed by atoms with van der Waals surface area (Å²) in [6, 6.07) is 7.31. The van der Waals surface area contributed by atoms with Gasteiger partial charge in [0.1, 0.15) is 5.75 Å². The number of amides is 1. The molecule has 1 aromatic carbocycles. The van der Waals surface area contributed by atoms with Crippen molar-refractivity contribution < 1.29 is 14.6 Å². The van der Waals surface area contributed by atoms with Crippen molar-refractivity contribution in [3.8, 4) is 5.75 Å². The highest BCUT2D eigenvalue weighted by Gasteiger charge is 2.25. The van der Waals surface area contributed by atoms with E-state index in [2.05, 4.69) is 5.32 Å². The molecule has 2 rings (SSSR count). The number of aliphatic hydroxyl groups excluding tert-OH is 1. The molecule has 1 amide bonds. The number of ether oxygens (including phenoxy) is 1. The minimum atomic E-state index is -0.0348. The molecule has 2 unspecified atom stereocenters. The normalized spacial score (nSPS) is 21.8. The number of hydrogen-bond acceptors (Lipinski definition) is 3. The molecule has 1 aliphatic carbocycles. The van der Waals surface area contributed by atoms with Crippen molar-refractivity contribution >= 4 is 17.5 Å². The summed E-state index contributed by atoms with van der Waals surface area (Å²) in [7, 11) is 0. The zero-order valence-electron chi connectivity index (χ0n) is 12.1. The summed E-state index contributed by atoms with van der Waals surface area (Å²) in [6.45, 7) is 0.438. The first-order valence-electron chi connectivity index (χ1n) is 7.48. The van der Waals surface area contributed by atoms with Crippen molar-refractivity contribution in [1.82, 2.24) is 5.32 Å². The van der Waals surface area contributed by atoms with Gasteiger partial charge in [-0.05, 0) is 25.0 Å². The van der Waals surface area contributed by atoms with Crippen LogP contribution in [0.2, 0.25) is 5.02 Å². The van der Waals surface area contributed by atoms with Gasteiger partial charge in [0, 0.05) is 18.6 Å². The first-order valence-corrected chi connectivity index (χ1v) is 7.86. The first-order chi connectivity index (χ1) is 10.2. The Morgan fingerprint density at radius 2 is 2.10 bits per heavy atom. The van der Waals surface area contributed by atoms with E-state index in [1.54, 1.807) is 12.1 Å². The monoisotopic (exact) mass is 311 g/mol. The van der Waals surface area contributed by atoms with Gasteiger partial charge in [0.05, 0.1) is 18.1 Å². The maximum Gasteiger partial charge on any atom is 0.223 e. The highest BCUT2D eigenvalue weighted by molar-refractivity contribution is 6.32. The summed E-state index contributed by atoms with van der Waals surface area (Å²) >= 11 is 5.98. The van der Waals surface area contributed by atoms with Gasteiger partial charge < -0.3 is 15.2 Å². The maximum atomic E-state index is 11.9. The van der Waals surface area contributed by atoms with Crippen LogP contribution in [0.4, 0.5) is 0 Å². The largest absolute Gasteiger partial charge is 0.491 e. The summed E-state index contributed by atoms with van der Waals surface area (Å²) < 4.78 is 5.51. The Balaban J connectivity index is 1.73. The van der Waals surface area contributed by atoms with Crippen molar-refractivity contribution in [3.63, 3.8) is 0 Å². The lowest BCUT2D eigenvalue weighted by Gasteiger charge is -2.30. The Labute approximate surface area is 130 Å². The lowest BCUT2D eigenvalue weighted by molar-refractivity contribution is -0.123. The number of para-hydroxylation sites is 1. The van der Waals surface area contributed by atoms with Crippen molar-refractivity contribution in [3.05, 3.63) is 29.3 Å². The predicted molar refractivity (Wildman–Crippen MR) is 82.5 cm³/mol. The smallest absolute Gasteiger partial charge is 0.223 e. The zero-order valence-corrected chi connectivity index (χ0v) is 12.8. The second kappa shape index (κ2) is 8.25. The van der Waals surface area contributed by atoms with Gasteiger partial charge in [-0.15, -0.1) is 0 Å². The van der Waals surface area contributed by atoms with Crippen molar-refractivity contribution in [2.75, 3.05) is 13.2 Å². The number of hydrogen-bond donors (Lipinski definition) is 2. The third kappa shape index (κ3) is 4.90. The maximum absolute atomic E-state index is 11.9. The van der Waals surface area contributed by atoms with Crippen LogP contribution in [0.15, 0.2) is 24.3 Å². The van der Waals surface area contributed by atoms with Crippen molar-refractivity contribution in [1.29, 1.82) is 0 Å². The summed E-state index contributed by atoms with van der Waals surface area (Å²) in [6.07, 6.45) is 4.46. The molecular weight excluding hydrogens is 290 g/mol. The molecular formula is C16H22ClNO3. The minimum absolute atomic E-state index is 0.0348. The molecule has 1 aliphatic rings. The van der Waals surface area contributed by atoms with Crippen LogP contribution < -0.4 is 10.1 Å². The number of nitrogens with one attached hydrogen (secondary N) is 1. The van der Waals surface area contributed by atoms with Crippen LogP contribution in [0.3, 0.4) is 0 Å². The summed E-state index contributed by atoms with van der Waals surface area (Å²) in [5.41, 5.74) is 0. The Bertz CT molecular complexity index is 467. The quantitative estimate of drug-likeness (QED) is 0.849. The van der Waals surface area contributed by atoms with E-state index in [9.17, 15) is 9.90 Å². The molecule has 1 saturated carbocycles. The molecule has 5 heteroatoms. The van der Waals surface area contributed by atoms with Crippen LogP contribution in [0.1, 0.15) is 32.1 Å². The third-order valence-electron chi connectivity index (χ3n) is 3.91. The van der Waals surface area contributed by atoms with Crippen LogP contribution >= 0.6 is 11.6 Å². The Kier molecular flexibility index (Phi) is 6.33. The Morgan fingerprint density at radius 1 is 1.33 bits per heavy atom. The Morgan fingerprint density at radius 3 is 2.86 bits per heavy atom. The molecule has 116 valence electrons. The summed E-state index contributed by atoms with van der Waals surface area (Å²) in [5.74, 6) is 0.748. The van der Waals surface area contributed by atoms with Gasteiger partial charge in [0.2, 0.25) is 5.91 Å². The van der Waals surface area contributed by atoms with Crippen LogP contribution in [0, 0.1) is 5.92 Å². The van der Waals surface area contributed by atoms with E-state index in [1.807, 2.05) is 12.1 Å². The molecule has 21 heavy (non-hydrogen) atoms. The van der Waals surface area contributed by atoms with Crippen molar-refractivity contribution in [2.45, 2.75) is 38.1 Å². The van der Waals surface area contributed by atoms with E-state index in [1.165, 1.54) is 0 Å². The zero-order chi connectivity index (χ0) is 15.1. The minimum Gasteiger partial charge on any atom is -0.491 e. The molecule has 1 fully saturated rings. The third-order valence-corrected chi connectivity index (χ3v) is 4.23. The average Bonchev–Trinajstić information content (AvgIpc) is 2.50. The number of rotatable bonds is 6. The summed E-state index contributed by atoms with van der Waals surface area (Å²) in [5, 5.41) is 12.9. The van der Waals surface area contributed by atoms with Gasteiger partial charge in [0.25, 0.3) is 0 Å². The molecule has 0 bridgehead atoms. The second-order valence-electron chi connectivity index (χ2n) is 5.43. The van der Waals surface area contributed by atoms with E-state index in [0.717, 1.165) is 25.7 Å². The van der Waals surface area contributed by atoms with Crippen LogP contribution in [-0.4, -0.2) is 30.3 Å². The standard InChI is InChI=1S/C16H22ClNO3/c17-13-6-2-4-8-15(13)21-10-9-16(20)18-14-7-3-1-5-12(14)11-19/h2,4,6,8,12,14,19H,1,3,5,7,9-11H2,(H,18,20). The number of carbonyl (C=O) groups excluding carboxylic acids is 1. The van der Waals surface area contributed by atoms with Gasteiger partial charge in [-0.25, -0.2) is 0 Å². The summed E-state index contributed by atoms with van der Waals surface area (Å²) in [4.78, 5) is 11.9. The van der Waals surface area contributed by atoms with E-state index < -0.39 is 0 Å². The van der Waals surface area contributed by atoms with E-state index in [-0.39, 0.29) is 24.5 Å². The topological polar surface area (TPSA) is 58.6 Å². The van der Waals surface area contributed by atoms with Crippen LogP contribution in [0.25, 0.3) is 0 Å². The number of carbonyl (C=O) groups is 1. The molecule has 1 aromatic rings. The fourth-order valence-electron chi connectivity index (χ4n) is 2.71. The van der Waals surface area contributed by atoms with Crippen LogP contribution in [-0.2, 0) is 4.79 Å². The predicted octanol–water partition coefficient (Wildman–Crippen LogP) is 2.78. The van der Waals surface area contributed by atoms with Gasteiger partial charge in [-0.3, -0.25) is 4.79 Å². The molecule has 0 heterocycles. The molecule has 0 spiro atoms. The molecule has 0 aliphatic heterocycles. The van der Waals surface area contributed by atoms with Gasteiger partial charge in [-0.2, -0.15) is 0 Å². The van der Waals surface area contributed by atoms with E-state index in [0.29, 0.717) is 23.8 Å². The number of halogens is 1. The average molecular weight is 312 g/mol. The lowest BCUT2D eigenvalue weighted by Crippen LogP contribution is -2.43. The first kappa shape index (κ1) is 16.1. The molecule has 2 N–H and O–H groups in total. The SMILES string of the molecule is O=C(CCOc1ccccc1Cl)NC1CCCCC1CO. The van der Waals surface area contributed by atoms with Gasteiger partial charge >= 0.3 is 0 Å². The number of aliphatic hydroxyl groups is 1. The molecule has 0 radical (unpaired) electrons. The van der Waals surface area contributed by atoms with Gasteiger partial charge in [-0.1, -0.05) is 36.6 Å². The fourth-order valence-corrected chi connectivity index (χ4v) is 2.90. The lowest BCUT2D eigenvalue weighted by atomic mass is 9.85. The van der Waals surface area contributed by atoms with E-state index >= 15 is 0 Å². The van der Waals surface area contributed by atoms with Crippen molar-refractivity contribution in [2.24, 2.45) is 5.92 Å². The highest BCUT2D eigenvalue weighted by Crippen LogP contribution is 2.24. The molecule has 2 atom stereocenters. The second-order valence-corrected chi connectivity index (χ2v) is 5.84.